The Morgan fingerprint density at radius 3 is 2.55 bits per heavy atom. The summed E-state index contributed by atoms with van der Waals surface area (Å²) in [5.74, 6) is 2.38. The molecule has 20 heavy (non-hydrogen) atoms. The average molecular weight is 309 g/mol. The Balaban J connectivity index is 1.96. The molecule has 2 aliphatic heterocycles. The van der Waals surface area contributed by atoms with Crippen molar-refractivity contribution in [3.63, 3.8) is 0 Å². The van der Waals surface area contributed by atoms with Crippen LogP contribution in [0.5, 0.6) is 5.75 Å². The monoisotopic (exact) mass is 309 g/mol. The molecule has 0 unspecified atom stereocenters. The Hall–Kier alpha value is -1.14. The summed E-state index contributed by atoms with van der Waals surface area (Å²) in [6.07, 6.45) is 0. The molecule has 0 aliphatic carbocycles. The molecule has 0 bridgehead atoms. The second-order valence-corrected chi connectivity index (χ2v) is 7.27. The van der Waals surface area contributed by atoms with Gasteiger partial charge in [0.1, 0.15) is 10.5 Å². The van der Waals surface area contributed by atoms with E-state index in [2.05, 4.69) is 0 Å². The molecule has 2 heterocycles. The highest BCUT2D eigenvalue weighted by Crippen LogP contribution is 2.54. The second kappa shape index (κ2) is 5.00. The zero-order chi connectivity index (χ0) is 14.3. The molecule has 6 heteroatoms. The van der Waals surface area contributed by atoms with Crippen molar-refractivity contribution in [2.45, 2.75) is 10.7 Å². The fraction of sp³-hybridized carbons (Fsp3) is 0.429. The first kappa shape index (κ1) is 13.8. The largest absolute Gasteiger partial charge is 0.497 e. The molecule has 4 nitrogen and oxygen atoms in total. The number of ether oxygens (including phenoxy) is 1. The van der Waals surface area contributed by atoms with Crippen molar-refractivity contribution < 1.29 is 14.3 Å². The van der Waals surface area contributed by atoms with Gasteiger partial charge in [0.25, 0.3) is 5.24 Å². The van der Waals surface area contributed by atoms with E-state index in [-0.39, 0.29) is 17.1 Å². The average Bonchev–Trinajstić information content (AvgIpc) is 2.98. The lowest BCUT2D eigenvalue weighted by Gasteiger charge is -2.26. The zero-order valence-electron chi connectivity index (χ0n) is 11.3. The van der Waals surface area contributed by atoms with E-state index in [9.17, 15) is 9.59 Å². The van der Waals surface area contributed by atoms with E-state index in [1.54, 1.807) is 25.9 Å². The van der Waals surface area contributed by atoms with Gasteiger partial charge in [0, 0.05) is 24.5 Å². The number of imide groups is 1. The normalized spacial score (nSPS) is 29.5. The topological polar surface area (TPSA) is 46.6 Å². The van der Waals surface area contributed by atoms with E-state index >= 15 is 0 Å². The summed E-state index contributed by atoms with van der Waals surface area (Å²) in [7, 11) is 3.20. The lowest BCUT2D eigenvalue weighted by Crippen LogP contribution is -2.42. The first-order valence-corrected chi connectivity index (χ1v) is 8.28. The van der Waals surface area contributed by atoms with E-state index in [0.717, 1.165) is 17.1 Å². The third-order valence-corrected chi connectivity index (χ3v) is 6.72. The third kappa shape index (κ3) is 1.93. The van der Waals surface area contributed by atoms with E-state index < -0.39 is 4.75 Å². The fourth-order valence-electron chi connectivity index (χ4n) is 2.71. The highest BCUT2D eigenvalue weighted by molar-refractivity contribution is 8.17. The fourth-order valence-corrected chi connectivity index (χ4v) is 5.88. The second-order valence-electron chi connectivity index (χ2n) is 4.96. The lowest BCUT2D eigenvalue weighted by atomic mass is 9.87. The van der Waals surface area contributed by atoms with Gasteiger partial charge in [0.2, 0.25) is 5.91 Å². The number of methoxy groups -OCH3 is 1. The van der Waals surface area contributed by atoms with Crippen molar-refractivity contribution in [1.29, 1.82) is 0 Å². The Kier molecular flexibility index (Phi) is 3.46. The first-order valence-electron chi connectivity index (χ1n) is 6.31. The first-order chi connectivity index (χ1) is 9.58. The van der Waals surface area contributed by atoms with E-state index in [0.29, 0.717) is 5.75 Å². The molecule has 0 N–H and O–H groups in total. The van der Waals surface area contributed by atoms with Gasteiger partial charge >= 0.3 is 0 Å². The summed E-state index contributed by atoms with van der Waals surface area (Å²) in [6, 6.07) is 7.80. The number of hydrogen-bond donors (Lipinski definition) is 0. The van der Waals surface area contributed by atoms with Crippen molar-refractivity contribution in [1.82, 2.24) is 4.90 Å². The van der Waals surface area contributed by atoms with Crippen LogP contribution in [0.1, 0.15) is 11.5 Å². The van der Waals surface area contributed by atoms with Gasteiger partial charge < -0.3 is 4.74 Å². The summed E-state index contributed by atoms with van der Waals surface area (Å²) in [5, 5.41) is -0.143. The predicted octanol–water partition coefficient (Wildman–Crippen LogP) is 2.59. The Morgan fingerprint density at radius 1 is 1.30 bits per heavy atom. The summed E-state index contributed by atoms with van der Waals surface area (Å²) in [5.41, 5.74) is 1.10. The molecule has 2 atom stereocenters. The molecule has 0 saturated carbocycles. The van der Waals surface area contributed by atoms with Crippen LogP contribution in [-0.2, 0) is 4.79 Å². The molecule has 0 radical (unpaired) electrons. The minimum absolute atomic E-state index is 0.0571. The summed E-state index contributed by atoms with van der Waals surface area (Å²) >= 11 is 2.93. The van der Waals surface area contributed by atoms with Gasteiger partial charge in [-0.3, -0.25) is 14.5 Å². The zero-order valence-corrected chi connectivity index (χ0v) is 12.9. The minimum atomic E-state index is -0.620. The Bertz CT molecular complexity index is 560. The molecule has 0 aromatic heterocycles. The van der Waals surface area contributed by atoms with Crippen LogP contribution < -0.4 is 4.74 Å². The molecular weight excluding hydrogens is 294 g/mol. The standard InChI is InChI=1S/C14H15NO3S2/c1-15-12(16)14(20-13(15)17)8-19-7-11(14)9-3-5-10(18-2)6-4-9/h3-6,11H,7-8H2,1-2H3/t11-,14-/m1/s1. The van der Waals surface area contributed by atoms with E-state index in [4.69, 9.17) is 4.74 Å². The van der Waals surface area contributed by atoms with Crippen LogP contribution >= 0.6 is 23.5 Å². The van der Waals surface area contributed by atoms with Crippen molar-refractivity contribution in [3.05, 3.63) is 29.8 Å². The number of thioether (sulfide) groups is 2. The number of rotatable bonds is 2. The smallest absolute Gasteiger partial charge is 0.289 e. The number of amides is 2. The highest BCUT2D eigenvalue weighted by atomic mass is 32.2. The maximum absolute atomic E-state index is 12.5. The van der Waals surface area contributed by atoms with Crippen LogP contribution in [0.2, 0.25) is 0 Å². The summed E-state index contributed by atoms with van der Waals surface area (Å²) in [4.78, 5) is 25.6. The lowest BCUT2D eigenvalue weighted by molar-refractivity contribution is -0.128. The summed E-state index contributed by atoms with van der Waals surface area (Å²) in [6.45, 7) is 0. The molecule has 106 valence electrons. The van der Waals surface area contributed by atoms with Crippen LogP contribution in [0.25, 0.3) is 0 Å². The third-order valence-electron chi connectivity index (χ3n) is 3.89. The van der Waals surface area contributed by atoms with E-state index in [1.807, 2.05) is 24.3 Å². The molecule has 1 aromatic rings. The van der Waals surface area contributed by atoms with Gasteiger partial charge in [-0.2, -0.15) is 11.8 Å². The molecule has 2 fully saturated rings. The summed E-state index contributed by atoms with van der Waals surface area (Å²) < 4.78 is 4.54. The van der Waals surface area contributed by atoms with Gasteiger partial charge in [0.05, 0.1) is 7.11 Å². The number of hydrogen-bond acceptors (Lipinski definition) is 5. The predicted molar refractivity (Wildman–Crippen MR) is 81.5 cm³/mol. The van der Waals surface area contributed by atoms with Crippen molar-refractivity contribution >= 4 is 34.7 Å². The molecule has 2 aliphatic rings. The molecule has 1 spiro atoms. The Morgan fingerprint density at radius 2 is 2.00 bits per heavy atom. The van der Waals surface area contributed by atoms with Gasteiger partial charge in [-0.25, -0.2) is 0 Å². The van der Waals surface area contributed by atoms with Crippen LogP contribution in [0.3, 0.4) is 0 Å². The van der Waals surface area contributed by atoms with Gasteiger partial charge in [-0.1, -0.05) is 12.1 Å². The van der Waals surface area contributed by atoms with Gasteiger partial charge in [0.15, 0.2) is 0 Å². The Labute approximate surface area is 126 Å². The highest BCUT2D eigenvalue weighted by Gasteiger charge is 2.58. The van der Waals surface area contributed by atoms with Gasteiger partial charge in [-0.05, 0) is 29.5 Å². The van der Waals surface area contributed by atoms with E-state index in [1.165, 1.54) is 16.7 Å². The molecule has 1 aromatic carbocycles. The maximum atomic E-state index is 12.5. The van der Waals surface area contributed by atoms with Gasteiger partial charge in [-0.15, -0.1) is 0 Å². The number of carbonyl (C=O) groups is 2. The van der Waals surface area contributed by atoms with Crippen molar-refractivity contribution in [3.8, 4) is 5.75 Å². The molecule has 2 amide bonds. The van der Waals surface area contributed by atoms with Crippen LogP contribution in [0.15, 0.2) is 24.3 Å². The number of benzene rings is 1. The quantitative estimate of drug-likeness (QED) is 0.840. The number of carbonyl (C=O) groups excluding carboxylic acids is 2. The van der Waals surface area contributed by atoms with Crippen LogP contribution in [0.4, 0.5) is 4.79 Å². The molecule has 2 saturated heterocycles. The minimum Gasteiger partial charge on any atom is -0.497 e. The molecular formula is C14H15NO3S2. The SMILES string of the molecule is COc1ccc([C@H]2CSC[C@@]23SC(=O)N(C)C3=O)cc1. The van der Waals surface area contributed by atoms with Crippen LogP contribution in [-0.4, -0.2) is 46.5 Å². The molecule has 3 rings (SSSR count). The number of nitrogens with zero attached hydrogens (tertiary/aromatic N) is 1. The van der Waals surface area contributed by atoms with Crippen LogP contribution in [0, 0.1) is 0 Å². The van der Waals surface area contributed by atoms with Crippen molar-refractivity contribution in [2.24, 2.45) is 0 Å². The maximum Gasteiger partial charge on any atom is 0.289 e. The van der Waals surface area contributed by atoms with Crippen molar-refractivity contribution in [2.75, 3.05) is 25.7 Å².